The van der Waals surface area contributed by atoms with Crippen molar-refractivity contribution < 1.29 is 55.2 Å². The first-order valence-corrected chi connectivity index (χ1v) is 22.8. The van der Waals surface area contributed by atoms with E-state index in [1.807, 2.05) is 40.1 Å². The topological polar surface area (TPSA) is 331 Å². The molecular weight excluding hydrogens is 913 g/mol. The highest BCUT2D eigenvalue weighted by atomic mass is 16.5. The van der Waals surface area contributed by atoms with Crippen molar-refractivity contribution in [2.45, 2.75) is 82.5 Å². The zero-order valence-corrected chi connectivity index (χ0v) is 39.0. The lowest BCUT2D eigenvalue weighted by Gasteiger charge is -2.36. The smallest absolute Gasteiger partial charge is 0.407 e. The minimum absolute atomic E-state index is 0.00793. The van der Waals surface area contributed by atoms with Crippen LogP contribution in [-0.2, 0) is 42.3 Å². The van der Waals surface area contributed by atoms with Crippen molar-refractivity contribution in [3.8, 4) is 23.0 Å². The molecule has 0 aliphatic heterocycles. The molecule has 0 saturated carbocycles. The molecule has 5 aromatic carbocycles. The quantitative estimate of drug-likeness (QED) is 0.0217. The molecule has 5 aromatic rings. The van der Waals surface area contributed by atoms with Crippen LogP contribution in [0.4, 0.5) is 4.79 Å². The molecule has 0 heterocycles. The molecule has 0 aliphatic rings. The van der Waals surface area contributed by atoms with Crippen LogP contribution in [0, 0.1) is 21.6 Å². The first kappa shape index (κ1) is 54.4. The average Bonchev–Trinajstić information content (AvgIpc) is 3.37. The number of carbonyl (C=O) groups is 2. The molecule has 376 valence electrons. The third-order valence-electron chi connectivity index (χ3n) is 11.7. The standard InChI is InChI=1S/C52H62N8O11/c53-23-47(65)39-19-34(7-12-43(39)61)27-59(28-35-8-13-44(62)40(20-35)48(66)24-54)31-38(11-16-51(69)57-17-4-18-58-52(70)71-32-33-5-2-1-3-6-33)60(29-36-9-14-45(63)41(21-36)49(67)25-55)30-37-10-15-46(64)42(22-37)50(68)26-56/h1-3,5-10,12-15,19-26,38,47-50,53-56,61-68H,4,11,16-18,27-32H2,(H,57,69)(H,58,70). The molecule has 19 heteroatoms. The fourth-order valence-corrected chi connectivity index (χ4v) is 7.95. The molecule has 14 N–H and O–H groups in total. The number of hydrogen-bond donors (Lipinski definition) is 14. The number of aromatic hydroxyl groups is 4. The number of benzene rings is 5. The van der Waals surface area contributed by atoms with Gasteiger partial charge in [-0.2, -0.15) is 0 Å². The number of aliphatic hydroxyl groups excluding tert-OH is 4. The summed E-state index contributed by atoms with van der Waals surface area (Å²) in [7, 11) is 0. The van der Waals surface area contributed by atoms with E-state index in [2.05, 4.69) is 10.6 Å². The lowest BCUT2D eigenvalue weighted by Crippen LogP contribution is -2.44. The summed E-state index contributed by atoms with van der Waals surface area (Å²) in [6.45, 7) is 1.29. The molecule has 5 atom stereocenters. The van der Waals surface area contributed by atoms with Crippen LogP contribution in [0.3, 0.4) is 0 Å². The van der Waals surface area contributed by atoms with Gasteiger partial charge in [0.1, 0.15) is 54.0 Å². The second-order valence-electron chi connectivity index (χ2n) is 17.0. The van der Waals surface area contributed by atoms with Gasteiger partial charge in [0.05, 0.1) is 0 Å². The maximum absolute atomic E-state index is 13.7. The van der Waals surface area contributed by atoms with E-state index in [1.165, 1.54) is 24.3 Å². The number of phenolic OH excluding ortho intramolecular Hbond substituents is 4. The molecule has 0 bridgehead atoms. The fraction of sp³-hybridized carbons (Fsp3) is 0.308. The molecule has 0 spiro atoms. The molecule has 19 nitrogen and oxygen atoms in total. The Balaban J connectivity index is 1.51. The Morgan fingerprint density at radius 1 is 0.535 bits per heavy atom. The molecule has 5 unspecified atom stereocenters. The molecule has 2 amide bonds. The van der Waals surface area contributed by atoms with Gasteiger partial charge in [-0.05, 0) is 89.2 Å². The number of nitrogens with zero attached hydrogens (tertiary/aromatic N) is 2. The summed E-state index contributed by atoms with van der Waals surface area (Å²) in [5, 5.41) is 121. The third kappa shape index (κ3) is 16.3. The Bertz CT molecular complexity index is 2470. The number of phenols is 4. The zero-order chi connectivity index (χ0) is 51.5. The van der Waals surface area contributed by atoms with Crippen LogP contribution in [0.5, 0.6) is 23.0 Å². The summed E-state index contributed by atoms with van der Waals surface area (Å²) >= 11 is 0. The predicted octanol–water partition coefficient (Wildman–Crippen LogP) is 5.53. The summed E-state index contributed by atoms with van der Waals surface area (Å²) in [5.41, 5.74) is 3.62. The van der Waals surface area contributed by atoms with Crippen molar-refractivity contribution >= 4 is 36.9 Å². The highest BCUT2D eigenvalue weighted by Gasteiger charge is 2.26. The van der Waals surface area contributed by atoms with Gasteiger partial charge in [0.25, 0.3) is 0 Å². The largest absolute Gasteiger partial charge is 0.508 e. The lowest BCUT2D eigenvalue weighted by molar-refractivity contribution is -0.121. The first-order chi connectivity index (χ1) is 34.1. The number of rotatable bonds is 28. The molecule has 0 saturated heterocycles. The second-order valence-corrected chi connectivity index (χ2v) is 17.0. The number of ether oxygens (including phenoxy) is 1. The summed E-state index contributed by atoms with van der Waals surface area (Å²) < 4.78 is 5.27. The number of hydrogen-bond acceptors (Lipinski definition) is 17. The minimum atomic E-state index is -1.42. The summed E-state index contributed by atoms with van der Waals surface area (Å²) in [5.74, 6) is -1.22. The van der Waals surface area contributed by atoms with Crippen LogP contribution in [-0.4, -0.2) is 113 Å². The maximum Gasteiger partial charge on any atom is 0.407 e. The Morgan fingerprint density at radius 2 is 0.930 bits per heavy atom. The van der Waals surface area contributed by atoms with Crippen LogP contribution in [0.15, 0.2) is 103 Å². The monoisotopic (exact) mass is 974 g/mol. The van der Waals surface area contributed by atoms with Crippen molar-refractivity contribution in [1.82, 2.24) is 20.4 Å². The molecule has 71 heavy (non-hydrogen) atoms. The van der Waals surface area contributed by atoms with Crippen molar-refractivity contribution in [1.29, 1.82) is 21.6 Å². The molecule has 0 fully saturated rings. The van der Waals surface area contributed by atoms with Gasteiger partial charge in [0.15, 0.2) is 0 Å². The van der Waals surface area contributed by atoms with Gasteiger partial charge in [-0.3, -0.25) is 14.6 Å². The van der Waals surface area contributed by atoms with Crippen molar-refractivity contribution in [3.05, 3.63) is 153 Å². The molecular formula is C52H62N8O11. The zero-order valence-electron chi connectivity index (χ0n) is 39.0. The van der Waals surface area contributed by atoms with E-state index in [-0.39, 0.29) is 116 Å². The maximum atomic E-state index is 13.7. The van der Waals surface area contributed by atoms with E-state index < -0.39 is 36.6 Å². The highest BCUT2D eigenvalue weighted by Crippen LogP contribution is 2.31. The highest BCUT2D eigenvalue weighted by molar-refractivity contribution is 5.76. The number of aliphatic hydroxyl groups is 4. The predicted molar refractivity (Wildman–Crippen MR) is 266 cm³/mol. The second kappa shape index (κ2) is 27.0. The Kier molecular flexibility index (Phi) is 20.7. The summed E-state index contributed by atoms with van der Waals surface area (Å²) in [4.78, 5) is 30.0. The third-order valence-corrected chi connectivity index (χ3v) is 11.7. The average molecular weight is 975 g/mol. The number of nitrogens with one attached hydrogen (secondary N) is 6. The van der Waals surface area contributed by atoms with Crippen LogP contribution in [0.25, 0.3) is 0 Å². The molecule has 0 aromatic heterocycles. The molecule has 0 radical (unpaired) electrons. The first-order valence-electron chi connectivity index (χ1n) is 22.8. The van der Waals surface area contributed by atoms with Crippen molar-refractivity contribution in [3.63, 3.8) is 0 Å². The van der Waals surface area contributed by atoms with Gasteiger partial charge in [0, 0.05) is 105 Å². The van der Waals surface area contributed by atoms with Crippen LogP contribution < -0.4 is 10.6 Å². The van der Waals surface area contributed by atoms with E-state index in [0.29, 0.717) is 28.7 Å². The van der Waals surface area contributed by atoms with E-state index in [1.54, 1.807) is 48.5 Å². The van der Waals surface area contributed by atoms with Gasteiger partial charge >= 0.3 is 6.09 Å². The van der Waals surface area contributed by atoms with E-state index in [0.717, 1.165) is 30.4 Å². The summed E-state index contributed by atoms with van der Waals surface area (Å²) in [6, 6.07) is 27.1. The van der Waals surface area contributed by atoms with Crippen molar-refractivity contribution in [2.75, 3.05) is 19.6 Å². The summed E-state index contributed by atoms with van der Waals surface area (Å²) in [6.07, 6.45) is -2.52. The number of amides is 2. The van der Waals surface area contributed by atoms with Gasteiger partial charge in [-0.1, -0.05) is 54.6 Å². The SMILES string of the molecule is N=CC(O)c1cc(CN(Cc2ccc(O)c(C(O)C=N)c2)CC(CCC(=O)NCCCNC(=O)OCc2ccccc2)N(Cc2ccc(O)c(C(O)C=N)c2)Cc2ccc(O)c(C(O)C=N)c2)ccc1O. The van der Waals surface area contributed by atoms with E-state index >= 15 is 0 Å². The van der Waals surface area contributed by atoms with Gasteiger partial charge in [-0.15, -0.1) is 0 Å². The number of alkyl carbamates (subject to hydrolysis) is 1. The van der Waals surface area contributed by atoms with E-state index in [4.69, 9.17) is 26.4 Å². The van der Waals surface area contributed by atoms with Crippen LogP contribution in [0.1, 0.15) is 93.7 Å². The lowest BCUT2D eigenvalue weighted by atomic mass is 10.00. The molecule has 0 aliphatic carbocycles. The van der Waals surface area contributed by atoms with Crippen LogP contribution >= 0.6 is 0 Å². The van der Waals surface area contributed by atoms with Crippen molar-refractivity contribution in [2.24, 2.45) is 0 Å². The van der Waals surface area contributed by atoms with Crippen LogP contribution in [0.2, 0.25) is 0 Å². The van der Waals surface area contributed by atoms with Gasteiger partial charge < -0.3 is 77.9 Å². The molecule has 5 rings (SSSR count). The Labute approximate surface area is 411 Å². The normalized spacial score (nSPS) is 13.4. The Hall–Kier alpha value is -7.52. The fourth-order valence-electron chi connectivity index (χ4n) is 7.95. The number of carbonyl (C=O) groups excluding carboxylic acids is 2. The van der Waals surface area contributed by atoms with Gasteiger partial charge in [0.2, 0.25) is 5.91 Å². The minimum Gasteiger partial charge on any atom is -0.508 e. The Morgan fingerprint density at radius 3 is 1.34 bits per heavy atom. The van der Waals surface area contributed by atoms with Gasteiger partial charge in [-0.25, -0.2) is 4.79 Å². The van der Waals surface area contributed by atoms with E-state index in [9.17, 15) is 50.4 Å².